The van der Waals surface area contributed by atoms with Crippen molar-refractivity contribution in [3.05, 3.63) is 68.3 Å². The fourth-order valence-corrected chi connectivity index (χ4v) is 3.75. The lowest BCUT2D eigenvalue weighted by Gasteiger charge is -2.06. The van der Waals surface area contributed by atoms with Gasteiger partial charge in [-0.1, -0.05) is 6.07 Å². The van der Waals surface area contributed by atoms with Gasteiger partial charge in [0.2, 0.25) is 5.95 Å². The van der Waals surface area contributed by atoms with E-state index in [4.69, 9.17) is 0 Å². The van der Waals surface area contributed by atoms with E-state index in [-0.39, 0.29) is 42.8 Å². The number of anilines is 1. The Kier molecular flexibility index (Phi) is 13.1. The van der Waals surface area contributed by atoms with Crippen molar-refractivity contribution >= 4 is 66.3 Å². The van der Waals surface area contributed by atoms with Crippen LogP contribution in [0, 0.1) is 6.92 Å². The summed E-state index contributed by atoms with van der Waals surface area (Å²) in [6.45, 7) is 2.67. The third-order valence-corrected chi connectivity index (χ3v) is 5.42. The molecule has 0 aliphatic carbocycles. The molecular formula is C17H22Cl3N5OS2. The standard InChI is InChI=1S/C17H19N5OS2.3ClH/c1-12-2-3-13(9-20-12)8-14-10-21-17(22-16(14)23)19-4-6-24-11-15-18-5-7-25-15;;;/h2-3,5,7,9-10H,4,6,8,11H2,1H3,(H2,19,21,22,23);3*1H. The quantitative estimate of drug-likeness (QED) is 0.470. The van der Waals surface area contributed by atoms with E-state index in [9.17, 15) is 4.79 Å². The average Bonchev–Trinajstić information content (AvgIpc) is 3.12. The van der Waals surface area contributed by atoms with Crippen LogP contribution in [0.25, 0.3) is 0 Å². The number of rotatable bonds is 8. The van der Waals surface area contributed by atoms with Crippen molar-refractivity contribution in [2.75, 3.05) is 17.6 Å². The number of aryl methyl sites for hydroxylation is 1. The number of aromatic amines is 1. The molecule has 3 heterocycles. The molecule has 6 nitrogen and oxygen atoms in total. The van der Waals surface area contributed by atoms with Gasteiger partial charge in [0.1, 0.15) is 5.01 Å². The Labute approximate surface area is 190 Å². The van der Waals surface area contributed by atoms with Crippen LogP contribution in [0.4, 0.5) is 5.95 Å². The van der Waals surface area contributed by atoms with Gasteiger partial charge in [-0.05, 0) is 18.6 Å². The van der Waals surface area contributed by atoms with Crippen LogP contribution in [0.15, 0.2) is 40.9 Å². The minimum absolute atomic E-state index is 0. The molecule has 154 valence electrons. The van der Waals surface area contributed by atoms with Gasteiger partial charge in [-0.25, -0.2) is 9.97 Å². The van der Waals surface area contributed by atoms with Crippen LogP contribution in [-0.4, -0.2) is 32.2 Å². The number of hydrogen-bond acceptors (Lipinski definition) is 7. The maximum Gasteiger partial charge on any atom is 0.255 e. The van der Waals surface area contributed by atoms with Crippen molar-refractivity contribution in [2.45, 2.75) is 19.1 Å². The molecule has 0 radical (unpaired) electrons. The van der Waals surface area contributed by atoms with Crippen molar-refractivity contribution < 1.29 is 0 Å². The van der Waals surface area contributed by atoms with Crippen LogP contribution >= 0.6 is 60.3 Å². The third kappa shape index (κ3) is 8.36. The Morgan fingerprint density at radius 3 is 2.61 bits per heavy atom. The smallest absolute Gasteiger partial charge is 0.255 e. The fraction of sp³-hybridized carbons (Fsp3) is 0.294. The average molecular weight is 483 g/mol. The molecule has 0 spiro atoms. The second kappa shape index (κ2) is 13.8. The Morgan fingerprint density at radius 1 is 1.14 bits per heavy atom. The van der Waals surface area contributed by atoms with E-state index in [0.29, 0.717) is 17.9 Å². The predicted octanol–water partition coefficient (Wildman–Crippen LogP) is 4.13. The molecule has 0 aliphatic rings. The lowest BCUT2D eigenvalue weighted by Crippen LogP contribution is -2.18. The second-order valence-electron chi connectivity index (χ2n) is 5.48. The summed E-state index contributed by atoms with van der Waals surface area (Å²) in [6.07, 6.45) is 5.77. The Bertz CT molecular complexity index is 860. The van der Waals surface area contributed by atoms with Crippen LogP contribution in [0.5, 0.6) is 0 Å². The maximum atomic E-state index is 12.2. The van der Waals surface area contributed by atoms with Crippen LogP contribution in [0.2, 0.25) is 0 Å². The summed E-state index contributed by atoms with van der Waals surface area (Å²) in [5.74, 6) is 2.33. The SMILES string of the molecule is Cc1ccc(Cc2cnc(NCCSCc3nccs3)[nH]c2=O)cn1.Cl.Cl.Cl. The first-order valence-electron chi connectivity index (χ1n) is 7.90. The highest BCUT2D eigenvalue weighted by atomic mass is 35.5. The molecule has 0 aromatic carbocycles. The van der Waals surface area contributed by atoms with Gasteiger partial charge < -0.3 is 5.32 Å². The summed E-state index contributed by atoms with van der Waals surface area (Å²) in [4.78, 5) is 27.8. The van der Waals surface area contributed by atoms with Gasteiger partial charge in [0.25, 0.3) is 5.56 Å². The van der Waals surface area contributed by atoms with Crippen molar-refractivity contribution in [3.63, 3.8) is 0 Å². The largest absolute Gasteiger partial charge is 0.355 e. The number of hydrogen-bond donors (Lipinski definition) is 2. The second-order valence-corrected chi connectivity index (χ2v) is 7.56. The molecule has 3 aromatic rings. The van der Waals surface area contributed by atoms with E-state index >= 15 is 0 Å². The van der Waals surface area contributed by atoms with Gasteiger partial charge in [0.15, 0.2) is 0 Å². The molecule has 11 heteroatoms. The van der Waals surface area contributed by atoms with Gasteiger partial charge in [0, 0.05) is 59.7 Å². The zero-order valence-electron chi connectivity index (χ0n) is 15.1. The zero-order chi connectivity index (χ0) is 17.5. The summed E-state index contributed by atoms with van der Waals surface area (Å²) in [6, 6.07) is 3.92. The van der Waals surface area contributed by atoms with Gasteiger partial charge in [-0.3, -0.25) is 14.8 Å². The zero-order valence-corrected chi connectivity index (χ0v) is 19.2. The molecule has 28 heavy (non-hydrogen) atoms. The summed E-state index contributed by atoms with van der Waals surface area (Å²) in [5.41, 5.74) is 2.48. The van der Waals surface area contributed by atoms with Gasteiger partial charge >= 0.3 is 0 Å². The highest BCUT2D eigenvalue weighted by Crippen LogP contribution is 2.13. The normalized spacial score (nSPS) is 9.61. The number of halogens is 3. The van der Waals surface area contributed by atoms with Gasteiger partial charge in [-0.2, -0.15) is 11.8 Å². The molecule has 0 saturated heterocycles. The molecule has 3 rings (SSSR count). The van der Waals surface area contributed by atoms with Crippen LogP contribution in [-0.2, 0) is 12.2 Å². The van der Waals surface area contributed by atoms with E-state index in [1.165, 1.54) is 0 Å². The summed E-state index contributed by atoms with van der Waals surface area (Å²) >= 11 is 3.46. The molecule has 0 saturated carbocycles. The van der Waals surface area contributed by atoms with Crippen molar-refractivity contribution in [2.24, 2.45) is 0 Å². The predicted molar refractivity (Wildman–Crippen MR) is 125 cm³/mol. The topological polar surface area (TPSA) is 83.6 Å². The van der Waals surface area contributed by atoms with E-state index in [1.807, 2.05) is 30.6 Å². The number of nitrogens with zero attached hydrogens (tertiary/aromatic N) is 3. The number of H-pyrrole nitrogens is 1. The first-order valence-corrected chi connectivity index (χ1v) is 9.94. The molecule has 0 bridgehead atoms. The molecule has 0 unspecified atom stereocenters. The van der Waals surface area contributed by atoms with Gasteiger partial charge in [-0.15, -0.1) is 48.6 Å². The highest BCUT2D eigenvalue weighted by molar-refractivity contribution is 7.98. The molecular weight excluding hydrogens is 461 g/mol. The van der Waals surface area contributed by atoms with E-state index in [1.54, 1.807) is 35.5 Å². The number of thioether (sulfide) groups is 1. The van der Waals surface area contributed by atoms with E-state index in [2.05, 4.69) is 25.3 Å². The highest BCUT2D eigenvalue weighted by Gasteiger charge is 2.04. The lowest BCUT2D eigenvalue weighted by atomic mass is 10.1. The Hall–Kier alpha value is -1.32. The van der Waals surface area contributed by atoms with E-state index in [0.717, 1.165) is 34.3 Å². The molecule has 0 atom stereocenters. The molecule has 3 aromatic heterocycles. The molecule has 0 aliphatic heterocycles. The minimum atomic E-state index is -0.117. The maximum absolute atomic E-state index is 12.2. The summed E-state index contributed by atoms with van der Waals surface area (Å²) in [5, 5.41) is 6.26. The van der Waals surface area contributed by atoms with Crippen molar-refractivity contribution in [1.29, 1.82) is 0 Å². The number of pyridine rings is 1. The van der Waals surface area contributed by atoms with Crippen molar-refractivity contribution in [3.8, 4) is 0 Å². The van der Waals surface area contributed by atoms with E-state index < -0.39 is 0 Å². The number of aromatic nitrogens is 4. The first-order chi connectivity index (χ1) is 12.2. The Morgan fingerprint density at radius 2 is 1.96 bits per heavy atom. The lowest BCUT2D eigenvalue weighted by molar-refractivity contribution is 0.999. The first kappa shape index (κ1) is 26.7. The van der Waals surface area contributed by atoms with Crippen LogP contribution in [0.3, 0.4) is 0 Å². The number of nitrogens with one attached hydrogen (secondary N) is 2. The van der Waals surface area contributed by atoms with Crippen LogP contribution in [0.1, 0.15) is 21.8 Å². The van der Waals surface area contributed by atoms with Crippen LogP contribution < -0.4 is 10.9 Å². The minimum Gasteiger partial charge on any atom is -0.355 e. The molecule has 2 N–H and O–H groups in total. The Balaban J connectivity index is 0.00000243. The molecule has 0 fully saturated rings. The summed E-state index contributed by atoms with van der Waals surface area (Å²) < 4.78 is 0. The monoisotopic (exact) mass is 481 g/mol. The van der Waals surface area contributed by atoms with Crippen molar-refractivity contribution in [1.82, 2.24) is 19.9 Å². The van der Waals surface area contributed by atoms with Gasteiger partial charge in [0.05, 0.1) is 0 Å². The third-order valence-electron chi connectivity index (χ3n) is 3.49. The summed E-state index contributed by atoms with van der Waals surface area (Å²) in [7, 11) is 0. The number of thiazole rings is 1. The molecule has 0 amide bonds. The fourth-order valence-electron chi connectivity index (χ4n) is 2.19.